The highest BCUT2D eigenvalue weighted by molar-refractivity contribution is 5.96. The first-order valence-electron chi connectivity index (χ1n) is 5.35. The lowest BCUT2D eigenvalue weighted by atomic mass is 10.0. The summed E-state index contributed by atoms with van der Waals surface area (Å²) in [6.07, 6.45) is 3.03. The second-order valence-corrected chi connectivity index (χ2v) is 3.96. The molecule has 0 aliphatic carbocycles. The van der Waals surface area contributed by atoms with Crippen molar-refractivity contribution in [1.29, 1.82) is 0 Å². The molecular formula is C12H16N2O3. The van der Waals surface area contributed by atoms with Crippen molar-refractivity contribution in [2.75, 3.05) is 7.11 Å². The Balaban J connectivity index is 2.75. The maximum absolute atomic E-state index is 11.8. The number of aromatic nitrogens is 1. The summed E-state index contributed by atoms with van der Waals surface area (Å²) in [4.78, 5) is 27.1. The van der Waals surface area contributed by atoms with Gasteiger partial charge in [-0.2, -0.15) is 0 Å². The van der Waals surface area contributed by atoms with Gasteiger partial charge in [0, 0.05) is 12.4 Å². The molecule has 1 aromatic heterocycles. The van der Waals surface area contributed by atoms with E-state index in [2.05, 4.69) is 15.0 Å². The molecule has 0 fully saturated rings. The number of rotatable bonds is 4. The molecule has 5 heteroatoms. The smallest absolute Gasteiger partial charge is 0.328 e. The summed E-state index contributed by atoms with van der Waals surface area (Å²) < 4.78 is 4.64. The number of pyridine rings is 1. The average Bonchev–Trinajstić information content (AvgIpc) is 2.35. The number of esters is 1. The quantitative estimate of drug-likeness (QED) is 0.792. The number of carbonyl (C=O) groups excluding carboxylic acids is 2. The van der Waals surface area contributed by atoms with Crippen LogP contribution >= 0.6 is 0 Å². The molecule has 0 aromatic carbocycles. The van der Waals surface area contributed by atoms with Crippen LogP contribution in [-0.4, -0.2) is 30.0 Å². The number of nitrogens with zero attached hydrogens (tertiary/aromatic N) is 1. The fourth-order valence-corrected chi connectivity index (χ4v) is 1.35. The van der Waals surface area contributed by atoms with E-state index < -0.39 is 12.0 Å². The molecule has 0 saturated carbocycles. The molecule has 5 nitrogen and oxygen atoms in total. The highest BCUT2D eigenvalue weighted by Gasteiger charge is 2.25. The minimum absolute atomic E-state index is 0.0388. The van der Waals surface area contributed by atoms with E-state index in [1.165, 1.54) is 13.3 Å². The second-order valence-electron chi connectivity index (χ2n) is 3.96. The number of amides is 1. The van der Waals surface area contributed by atoms with Crippen molar-refractivity contribution in [1.82, 2.24) is 10.3 Å². The lowest BCUT2D eigenvalue weighted by molar-refractivity contribution is -0.144. The maximum atomic E-state index is 11.8. The molecule has 1 aromatic rings. The highest BCUT2D eigenvalue weighted by atomic mass is 16.5. The van der Waals surface area contributed by atoms with Crippen molar-refractivity contribution >= 4 is 11.9 Å². The minimum Gasteiger partial charge on any atom is -0.467 e. The van der Waals surface area contributed by atoms with Crippen molar-refractivity contribution in [3.05, 3.63) is 30.1 Å². The standard InChI is InChI=1S/C12H16N2O3/c1-8(2)10(12(16)17-3)14-11(15)9-5-4-6-13-7-9/h4-8,10H,1-3H3,(H,14,15). The molecule has 0 bridgehead atoms. The van der Waals surface area contributed by atoms with E-state index in [1.807, 2.05) is 13.8 Å². The van der Waals surface area contributed by atoms with E-state index >= 15 is 0 Å². The van der Waals surface area contributed by atoms with Gasteiger partial charge in [-0.15, -0.1) is 0 Å². The zero-order chi connectivity index (χ0) is 12.8. The van der Waals surface area contributed by atoms with Crippen molar-refractivity contribution in [2.24, 2.45) is 5.92 Å². The number of hydrogen-bond acceptors (Lipinski definition) is 4. The summed E-state index contributed by atoms with van der Waals surface area (Å²) in [6, 6.07) is 2.65. The van der Waals surface area contributed by atoms with Crippen LogP contribution < -0.4 is 5.32 Å². The Kier molecular flexibility index (Phi) is 4.63. The van der Waals surface area contributed by atoms with Crippen LogP contribution in [0.25, 0.3) is 0 Å². The number of ether oxygens (including phenoxy) is 1. The van der Waals surface area contributed by atoms with Gasteiger partial charge < -0.3 is 10.1 Å². The zero-order valence-corrected chi connectivity index (χ0v) is 10.1. The Hall–Kier alpha value is -1.91. The van der Waals surface area contributed by atoms with Crippen LogP contribution in [0.3, 0.4) is 0 Å². The van der Waals surface area contributed by atoms with Gasteiger partial charge >= 0.3 is 5.97 Å². The molecule has 1 rings (SSSR count). The monoisotopic (exact) mass is 236 g/mol. The third-order valence-electron chi connectivity index (χ3n) is 2.33. The van der Waals surface area contributed by atoms with E-state index in [-0.39, 0.29) is 11.8 Å². The van der Waals surface area contributed by atoms with Crippen molar-refractivity contribution in [2.45, 2.75) is 19.9 Å². The normalized spacial score (nSPS) is 12.0. The molecule has 1 unspecified atom stereocenters. The third-order valence-corrected chi connectivity index (χ3v) is 2.33. The van der Waals surface area contributed by atoms with Crippen LogP contribution in [0.4, 0.5) is 0 Å². The number of hydrogen-bond donors (Lipinski definition) is 1. The summed E-state index contributed by atoms with van der Waals surface area (Å²) in [5.74, 6) is -0.817. The van der Waals surface area contributed by atoms with E-state index in [0.29, 0.717) is 5.56 Å². The van der Waals surface area contributed by atoms with Crippen LogP contribution in [0.15, 0.2) is 24.5 Å². The predicted molar refractivity (Wildman–Crippen MR) is 62.3 cm³/mol. The Bertz CT molecular complexity index is 390. The van der Waals surface area contributed by atoms with E-state index in [9.17, 15) is 9.59 Å². The van der Waals surface area contributed by atoms with Gasteiger partial charge in [0.25, 0.3) is 5.91 Å². The molecule has 0 saturated heterocycles. The lowest BCUT2D eigenvalue weighted by Gasteiger charge is -2.19. The van der Waals surface area contributed by atoms with Crippen molar-refractivity contribution in [3.63, 3.8) is 0 Å². The van der Waals surface area contributed by atoms with Gasteiger partial charge in [0.1, 0.15) is 6.04 Å². The Morgan fingerprint density at radius 1 is 1.41 bits per heavy atom. The Morgan fingerprint density at radius 2 is 2.12 bits per heavy atom. The summed E-state index contributed by atoms with van der Waals surface area (Å²) in [7, 11) is 1.30. The molecule has 0 radical (unpaired) electrons. The predicted octanol–water partition coefficient (Wildman–Crippen LogP) is 1.01. The molecule has 1 amide bonds. The second kappa shape index (κ2) is 5.98. The molecule has 1 atom stereocenters. The van der Waals surface area contributed by atoms with Crippen LogP contribution in [0.2, 0.25) is 0 Å². The number of methoxy groups -OCH3 is 1. The largest absolute Gasteiger partial charge is 0.467 e. The van der Waals surface area contributed by atoms with Gasteiger partial charge in [-0.05, 0) is 18.1 Å². The fourth-order valence-electron chi connectivity index (χ4n) is 1.35. The van der Waals surface area contributed by atoms with Crippen LogP contribution in [0.1, 0.15) is 24.2 Å². The fraction of sp³-hybridized carbons (Fsp3) is 0.417. The molecule has 92 valence electrons. The molecule has 1 heterocycles. The SMILES string of the molecule is COC(=O)C(NC(=O)c1cccnc1)C(C)C. The Morgan fingerprint density at radius 3 is 2.59 bits per heavy atom. The van der Waals surface area contributed by atoms with Gasteiger partial charge in [-0.25, -0.2) is 4.79 Å². The first-order chi connectivity index (χ1) is 8.06. The third kappa shape index (κ3) is 3.55. The number of nitrogens with one attached hydrogen (secondary N) is 1. The summed E-state index contributed by atoms with van der Waals surface area (Å²) in [6.45, 7) is 3.68. The number of carbonyl (C=O) groups is 2. The molecule has 0 aliphatic heterocycles. The molecule has 0 aliphatic rings. The topological polar surface area (TPSA) is 68.3 Å². The molecule has 17 heavy (non-hydrogen) atoms. The van der Waals surface area contributed by atoms with Crippen molar-refractivity contribution in [3.8, 4) is 0 Å². The van der Waals surface area contributed by atoms with E-state index in [4.69, 9.17) is 0 Å². The summed E-state index contributed by atoms with van der Waals surface area (Å²) in [5.41, 5.74) is 0.419. The molecule has 1 N–H and O–H groups in total. The zero-order valence-electron chi connectivity index (χ0n) is 10.1. The maximum Gasteiger partial charge on any atom is 0.328 e. The van der Waals surface area contributed by atoms with Gasteiger partial charge in [0.15, 0.2) is 0 Å². The van der Waals surface area contributed by atoms with E-state index in [1.54, 1.807) is 18.3 Å². The van der Waals surface area contributed by atoms with Crippen molar-refractivity contribution < 1.29 is 14.3 Å². The van der Waals surface area contributed by atoms with Crippen LogP contribution in [0, 0.1) is 5.92 Å². The average molecular weight is 236 g/mol. The first kappa shape index (κ1) is 13.2. The highest BCUT2D eigenvalue weighted by Crippen LogP contribution is 2.05. The van der Waals surface area contributed by atoms with Gasteiger partial charge in [-0.3, -0.25) is 9.78 Å². The summed E-state index contributed by atoms with van der Waals surface area (Å²) >= 11 is 0. The Labute approximate surface area is 100 Å². The summed E-state index contributed by atoms with van der Waals surface area (Å²) in [5, 5.41) is 2.63. The van der Waals surface area contributed by atoms with Crippen LogP contribution in [-0.2, 0) is 9.53 Å². The van der Waals surface area contributed by atoms with Crippen LogP contribution in [0.5, 0.6) is 0 Å². The van der Waals surface area contributed by atoms with Gasteiger partial charge in [-0.1, -0.05) is 13.8 Å². The lowest BCUT2D eigenvalue weighted by Crippen LogP contribution is -2.45. The van der Waals surface area contributed by atoms with Gasteiger partial charge in [0.05, 0.1) is 12.7 Å². The minimum atomic E-state index is -0.646. The first-order valence-corrected chi connectivity index (χ1v) is 5.35. The molecule has 0 spiro atoms. The molecular weight excluding hydrogens is 220 g/mol. The van der Waals surface area contributed by atoms with Gasteiger partial charge in [0.2, 0.25) is 0 Å². The van der Waals surface area contributed by atoms with E-state index in [0.717, 1.165) is 0 Å².